The lowest BCUT2D eigenvalue weighted by Gasteiger charge is -2.10. The van der Waals surface area contributed by atoms with Crippen molar-refractivity contribution in [2.75, 3.05) is 26.3 Å². The summed E-state index contributed by atoms with van der Waals surface area (Å²) in [5, 5.41) is 6.25. The lowest BCUT2D eigenvalue weighted by atomic mass is 10.4. The third kappa shape index (κ3) is 5.75. The van der Waals surface area contributed by atoms with Crippen LogP contribution in [0.3, 0.4) is 0 Å². The van der Waals surface area contributed by atoms with Crippen molar-refractivity contribution in [3.05, 3.63) is 23.7 Å². The Kier molecular flexibility index (Phi) is 7.20. The minimum atomic E-state index is -0.582. The maximum Gasteiger partial charge on any atom is 0.284 e. The standard InChI is InChI=1S/C13H22N4O3/c1-3-15-13(16-7-8-19-4-2)17-9-10-5-6-11(20-10)12(14)18/h5-6H,3-4,7-9H2,1-2H3,(H2,14,18)(H2,15,16,17). The predicted molar refractivity (Wildman–Crippen MR) is 76.5 cm³/mol. The average Bonchev–Trinajstić information content (AvgIpc) is 2.90. The average molecular weight is 282 g/mol. The zero-order chi connectivity index (χ0) is 14.8. The molecule has 0 aliphatic rings. The summed E-state index contributed by atoms with van der Waals surface area (Å²) in [5.74, 6) is 0.816. The molecule has 1 rings (SSSR count). The Morgan fingerprint density at radius 3 is 2.80 bits per heavy atom. The second-order valence-electron chi connectivity index (χ2n) is 3.95. The van der Waals surface area contributed by atoms with Crippen LogP contribution in [0.15, 0.2) is 21.5 Å². The lowest BCUT2D eigenvalue weighted by molar-refractivity contribution is 0.0972. The van der Waals surface area contributed by atoms with Crippen LogP contribution in [0, 0.1) is 0 Å². The van der Waals surface area contributed by atoms with Gasteiger partial charge in [-0.2, -0.15) is 0 Å². The van der Waals surface area contributed by atoms with Gasteiger partial charge >= 0.3 is 0 Å². The minimum absolute atomic E-state index is 0.143. The first kappa shape index (κ1) is 16.0. The molecule has 7 nitrogen and oxygen atoms in total. The fourth-order valence-corrected chi connectivity index (χ4v) is 1.48. The first-order valence-corrected chi connectivity index (χ1v) is 6.65. The topological polar surface area (TPSA) is 102 Å². The summed E-state index contributed by atoms with van der Waals surface area (Å²) in [4.78, 5) is 15.3. The number of hydrogen-bond acceptors (Lipinski definition) is 4. The van der Waals surface area contributed by atoms with Crippen molar-refractivity contribution >= 4 is 11.9 Å². The number of guanidine groups is 1. The molecule has 1 heterocycles. The van der Waals surface area contributed by atoms with Crippen molar-refractivity contribution < 1.29 is 13.9 Å². The Hall–Kier alpha value is -2.02. The molecule has 0 aliphatic carbocycles. The van der Waals surface area contributed by atoms with E-state index >= 15 is 0 Å². The van der Waals surface area contributed by atoms with Gasteiger partial charge in [0.1, 0.15) is 12.3 Å². The van der Waals surface area contributed by atoms with E-state index in [-0.39, 0.29) is 5.76 Å². The molecule has 0 atom stereocenters. The van der Waals surface area contributed by atoms with Crippen LogP contribution in [0.1, 0.15) is 30.2 Å². The highest BCUT2D eigenvalue weighted by molar-refractivity contribution is 5.89. The van der Waals surface area contributed by atoms with Crippen LogP contribution >= 0.6 is 0 Å². The van der Waals surface area contributed by atoms with Crippen molar-refractivity contribution in [2.24, 2.45) is 10.7 Å². The maximum absolute atomic E-state index is 10.9. The Balaban J connectivity index is 2.49. The second kappa shape index (κ2) is 8.98. The van der Waals surface area contributed by atoms with Gasteiger partial charge in [0, 0.05) is 19.7 Å². The molecule has 0 saturated heterocycles. The zero-order valence-corrected chi connectivity index (χ0v) is 11.9. The summed E-state index contributed by atoms with van der Waals surface area (Å²) in [7, 11) is 0. The Labute approximate surface area is 118 Å². The van der Waals surface area contributed by atoms with Gasteiger partial charge in [0.2, 0.25) is 0 Å². The SMILES string of the molecule is CCNC(=NCc1ccc(C(N)=O)o1)NCCOCC. The highest BCUT2D eigenvalue weighted by atomic mass is 16.5. The fraction of sp³-hybridized carbons (Fsp3) is 0.538. The Morgan fingerprint density at radius 2 is 2.20 bits per heavy atom. The lowest BCUT2D eigenvalue weighted by Crippen LogP contribution is -2.38. The van der Waals surface area contributed by atoms with Crippen molar-refractivity contribution in [1.82, 2.24) is 10.6 Å². The molecule has 4 N–H and O–H groups in total. The number of rotatable bonds is 8. The molecule has 1 aromatic heterocycles. The van der Waals surface area contributed by atoms with E-state index in [1.807, 2.05) is 13.8 Å². The van der Waals surface area contributed by atoms with Crippen LogP contribution in [0.4, 0.5) is 0 Å². The van der Waals surface area contributed by atoms with E-state index in [1.54, 1.807) is 12.1 Å². The molecule has 0 bridgehead atoms. The van der Waals surface area contributed by atoms with E-state index in [0.717, 1.165) is 6.54 Å². The Morgan fingerprint density at radius 1 is 1.40 bits per heavy atom. The van der Waals surface area contributed by atoms with E-state index in [0.29, 0.717) is 38.0 Å². The van der Waals surface area contributed by atoms with Crippen LogP contribution in [0.25, 0.3) is 0 Å². The smallest absolute Gasteiger partial charge is 0.284 e. The van der Waals surface area contributed by atoms with Crippen LogP contribution in [-0.2, 0) is 11.3 Å². The third-order valence-electron chi connectivity index (χ3n) is 2.38. The first-order valence-electron chi connectivity index (χ1n) is 6.65. The van der Waals surface area contributed by atoms with Crippen molar-refractivity contribution in [2.45, 2.75) is 20.4 Å². The normalized spacial score (nSPS) is 11.4. The van der Waals surface area contributed by atoms with E-state index in [4.69, 9.17) is 14.9 Å². The van der Waals surface area contributed by atoms with Crippen LogP contribution < -0.4 is 16.4 Å². The number of hydrogen-bond donors (Lipinski definition) is 3. The number of primary amides is 1. The van der Waals surface area contributed by atoms with Crippen molar-refractivity contribution in [3.8, 4) is 0 Å². The first-order chi connectivity index (χ1) is 9.67. The number of aliphatic imine (C=N–C) groups is 1. The molecule has 0 unspecified atom stereocenters. The number of carbonyl (C=O) groups is 1. The highest BCUT2D eigenvalue weighted by Crippen LogP contribution is 2.08. The number of amides is 1. The van der Waals surface area contributed by atoms with Gasteiger partial charge in [0.15, 0.2) is 11.7 Å². The molecule has 0 spiro atoms. The van der Waals surface area contributed by atoms with Gasteiger partial charge in [-0.1, -0.05) is 0 Å². The highest BCUT2D eigenvalue weighted by Gasteiger charge is 2.06. The quantitative estimate of drug-likeness (QED) is 0.365. The van der Waals surface area contributed by atoms with Gasteiger partial charge in [-0.25, -0.2) is 4.99 Å². The van der Waals surface area contributed by atoms with Crippen LogP contribution in [-0.4, -0.2) is 38.2 Å². The molecule has 20 heavy (non-hydrogen) atoms. The molecule has 0 aliphatic heterocycles. The predicted octanol–water partition coefficient (Wildman–Crippen LogP) is 0.470. The monoisotopic (exact) mass is 282 g/mol. The molecule has 7 heteroatoms. The molecule has 0 aromatic carbocycles. The fourth-order valence-electron chi connectivity index (χ4n) is 1.48. The summed E-state index contributed by atoms with van der Waals surface area (Å²) in [5.41, 5.74) is 5.12. The number of carbonyl (C=O) groups excluding carboxylic acids is 1. The number of nitrogens with one attached hydrogen (secondary N) is 2. The molecule has 112 valence electrons. The van der Waals surface area contributed by atoms with Crippen molar-refractivity contribution in [3.63, 3.8) is 0 Å². The third-order valence-corrected chi connectivity index (χ3v) is 2.38. The van der Waals surface area contributed by atoms with Gasteiger partial charge < -0.3 is 25.5 Å². The van der Waals surface area contributed by atoms with Crippen molar-refractivity contribution in [1.29, 1.82) is 0 Å². The largest absolute Gasteiger partial charge is 0.454 e. The molecule has 1 aromatic rings. The van der Waals surface area contributed by atoms with Crippen LogP contribution in [0.5, 0.6) is 0 Å². The second-order valence-corrected chi connectivity index (χ2v) is 3.95. The van der Waals surface area contributed by atoms with Gasteiger partial charge in [-0.05, 0) is 26.0 Å². The van der Waals surface area contributed by atoms with E-state index in [2.05, 4.69) is 15.6 Å². The summed E-state index contributed by atoms with van der Waals surface area (Å²) in [6.07, 6.45) is 0. The summed E-state index contributed by atoms with van der Waals surface area (Å²) >= 11 is 0. The van der Waals surface area contributed by atoms with Gasteiger partial charge in [-0.3, -0.25) is 4.79 Å². The van der Waals surface area contributed by atoms with Gasteiger partial charge in [0.05, 0.1) is 6.61 Å². The molecule has 0 saturated carbocycles. The zero-order valence-electron chi connectivity index (χ0n) is 11.9. The van der Waals surface area contributed by atoms with Gasteiger partial charge in [-0.15, -0.1) is 0 Å². The molecule has 1 amide bonds. The molecule has 0 radical (unpaired) electrons. The molecular weight excluding hydrogens is 260 g/mol. The number of nitrogens with two attached hydrogens (primary N) is 1. The minimum Gasteiger partial charge on any atom is -0.454 e. The summed E-state index contributed by atoms with van der Waals surface area (Å²) in [6, 6.07) is 3.23. The molecule has 0 fully saturated rings. The summed E-state index contributed by atoms with van der Waals surface area (Å²) < 4.78 is 10.5. The Bertz CT molecular complexity index is 443. The van der Waals surface area contributed by atoms with E-state index in [1.165, 1.54) is 0 Å². The number of ether oxygens (including phenoxy) is 1. The number of furan rings is 1. The molecular formula is C13H22N4O3. The maximum atomic E-state index is 10.9. The van der Waals surface area contributed by atoms with Gasteiger partial charge in [0.25, 0.3) is 5.91 Å². The number of nitrogens with zero attached hydrogens (tertiary/aromatic N) is 1. The summed E-state index contributed by atoms with van der Waals surface area (Å²) in [6.45, 7) is 7.00. The van der Waals surface area contributed by atoms with E-state index in [9.17, 15) is 4.79 Å². The van der Waals surface area contributed by atoms with Crippen LogP contribution in [0.2, 0.25) is 0 Å². The van der Waals surface area contributed by atoms with E-state index < -0.39 is 5.91 Å².